The van der Waals surface area contributed by atoms with Gasteiger partial charge < -0.3 is 55.4 Å². The molecule has 2 aliphatic rings. The molecule has 1 unspecified atom stereocenters. The predicted octanol–water partition coefficient (Wildman–Crippen LogP) is -5.62. The van der Waals surface area contributed by atoms with E-state index in [4.69, 9.17) is 14.6 Å². The third-order valence-corrected chi connectivity index (χ3v) is 4.47. The molecule has 11 nitrogen and oxygen atoms in total. The van der Waals surface area contributed by atoms with Crippen molar-refractivity contribution in [3.8, 4) is 0 Å². The summed E-state index contributed by atoms with van der Waals surface area (Å²) in [6.45, 7) is -0.666. The summed E-state index contributed by atoms with van der Waals surface area (Å²) in [6, 6.07) is 0. The highest BCUT2D eigenvalue weighted by atomic mass is 16.6. The van der Waals surface area contributed by atoms with Crippen LogP contribution in [-0.4, -0.2) is 120 Å². The summed E-state index contributed by atoms with van der Waals surface area (Å²) >= 11 is 0. The number of rotatable bonds is 4. The van der Waals surface area contributed by atoms with E-state index in [0.717, 1.165) is 0 Å². The molecule has 2 aliphatic heterocycles. The van der Waals surface area contributed by atoms with E-state index in [1.807, 2.05) is 0 Å². The van der Waals surface area contributed by atoms with Crippen LogP contribution in [-0.2, 0) is 9.47 Å². The second-order valence-corrected chi connectivity index (χ2v) is 6.13. The molecule has 24 heavy (non-hydrogen) atoms. The SMILES string of the molecule is OC[C@H]1O[C@H]([C@H](O)C[C@H]2OC(O)[C@H](O)[C@@H](O)[C@@H]2O)[C@H](O)[C@@H](O)[C@@H]1O. The summed E-state index contributed by atoms with van der Waals surface area (Å²) in [5.74, 6) is 0. The molecule has 0 bridgehead atoms. The zero-order valence-corrected chi connectivity index (χ0v) is 12.6. The fourth-order valence-corrected chi connectivity index (χ4v) is 2.95. The van der Waals surface area contributed by atoms with Crippen molar-refractivity contribution in [2.45, 2.75) is 73.8 Å². The monoisotopic (exact) mass is 356 g/mol. The lowest BCUT2D eigenvalue weighted by Crippen LogP contribution is -2.63. The van der Waals surface area contributed by atoms with Crippen molar-refractivity contribution in [2.75, 3.05) is 6.61 Å². The first kappa shape index (κ1) is 19.9. The van der Waals surface area contributed by atoms with Gasteiger partial charge in [-0.05, 0) is 0 Å². The van der Waals surface area contributed by atoms with Crippen LogP contribution in [0.25, 0.3) is 0 Å². The minimum Gasteiger partial charge on any atom is -0.394 e. The Morgan fingerprint density at radius 2 is 1.21 bits per heavy atom. The van der Waals surface area contributed by atoms with E-state index in [9.17, 15) is 40.9 Å². The standard InChI is InChI=1S/C13H24O11/c14-2-5-7(17)8(18)10(20)12(23-5)3(15)1-4-6(16)9(19)11(21)13(22)24-4/h3-22H,1-2H2/t3-,4-,5-,6-,7-,8+,9+,10-,11-,12-,13?/m1/s1. The Kier molecular flexibility index (Phi) is 6.50. The Morgan fingerprint density at radius 1 is 0.667 bits per heavy atom. The highest BCUT2D eigenvalue weighted by Gasteiger charge is 2.49. The van der Waals surface area contributed by atoms with Crippen molar-refractivity contribution < 1.29 is 55.4 Å². The fourth-order valence-electron chi connectivity index (χ4n) is 2.95. The molecule has 0 aromatic heterocycles. The summed E-state index contributed by atoms with van der Waals surface area (Å²) in [4.78, 5) is 0. The summed E-state index contributed by atoms with van der Waals surface area (Å²) in [7, 11) is 0. The molecule has 9 N–H and O–H groups in total. The van der Waals surface area contributed by atoms with Crippen LogP contribution in [0.15, 0.2) is 0 Å². The summed E-state index contributed by atoms with van der Waals surface area (Å²) < 4.78 is 10.1. The molecular weight excluding hydrogens is 332 g/mol. The molecule has 0 amide bonds. The van der Waals surface area contributed by atoms with Gasteiger partial charge in [0.05, 0.1) is 18.8 Å². The molecule has 2 saturated heterocycles. The highest BCUT2D eigenvalue weighted by molar-refractivity contribution is 4.97. The molecule has 0 saturated carbocycles. The van der Waals surface area contributed by atoms with Gasteiger partial charge in [0.2, 0.25) is 0 Å². The van der Waals surface area contributed by atoms with Crippen LogP contribution in [0, 0.1) is 0 Å². The second-order valence-electron chi connectivity index (χ2n) is 6.13. The maximum Gasteiger partial charge on any atom is 0.183 e. The molecular formula is C13H24O11. The quantitative estimate of drug-likeness (QED) is 0.232. The van der Waals surface area contributed by atoms with Gasteiger partial charge in [-0.15, -0.1) is 0 Å². The first-order valence-corrected chi connectivity index (χ1v) is 7.55. The van der Waals surface area contributed by atoms with Crippen molar-refractivity contribution in [1.82, 2.24) is 0 Å². The highest BCUT2D eigenvalue weighted by Crippen LogP contribution is 2.28. The molecule has 2 fully saturated rings. The van der Waals surface area contributed by atoms with E-state index in [-0.39, 0.29) is 0 Å². The zero-order chi connectivity index (χ0) is 18.2. The number of ether oxygens (including phenoxy) is 2. The lowest BCUT2D eigenvalue weighted by Gasteiger charge is -2.44. The van der Waals surface area contributed by atoms with Crippen LogP contribution in [0.5, 0.6) is 0 Å². The van der Waals surface area contributed by atoms with E-state index < -0.39 is 80.4 Å². The van der Waals surface area contributed by atoms with Crippen LogP contribution < -0.4 is 0 Å². The van der Waals surface area contributed by atoms with Gasteiger partial charge >= 0.3 is 0 Å². The fraction of sp³-hybridized carbons (Fsp3) is 1.00. The maximum absolute atomic E-state index is 10.2. The molecule has 0 aromatic rings. The summed E-state index contributed by atoms with van der Waals surface area (Å²) in [5.41, 5.74) is 0. The number of aliphatic hydroxyl groups is 9. The normalized spacial score (nSPS) is 51.4. The Labute approximate surface area is 136 Å². The number of aliphatic hydroxyl groups excluding tert-OH is 9. The van der Waals surface area contributed by atoms with Crippen LogP contribution in [0.4, 0.5) is 0 Å². The zero-order valence-electron chi connectivity index (χ0n) is 12.6. The van der Waals surface area contributed by atoms with Gasteiger partial charge in [0.1, 0.15) is 48.8 Å². The van der Waals surface area contributed by atoms with Crippen molar-refractivity contribution in [2.24, 2.45) is 0 Å². The average molecular weight is 356 g/mol. The third-order valence-electron chi connectivity index (χ3n) is 4.47. The first-order valence-electron chi connectivity index (χ1n) is 7.55. The van der Waals surface area contributed by atoms with Crippen molar-refractivity contribution in [3.05, 3.63) is 0 Å². The summed E-state index contributed by atoms with van der Waals surface area (Å²) in [5, 5.41) is 86.9. The van der Waals surface area contributed by atoms with Gasteiger partial charge in [0.15, 0.2) is 6.29 Å². The van der Waals surface area contributed by atoms with Gasteiger partial charge in [0, 0.05) is 6.42 Å². The molecule has 142 valence electrons. The molecule has 0 radical (unpaired) electrons. The summed E-state index contributed by atoms with van der Waals surface area (Å²) in [6.07, 6.45) is -17.7. The molecule has 0 aliphatic carbocycles. The number of hydrogen-bond donors (Lipinski definition) is 9. The largest absolute Gasteiger partial charge is 0.394 e. The third kappa shape index (κ3) is 3.71. The van der Waals surface area contributed by atoms with Gasteiger partial charge in [-0.3, -0.25) is 0 Å². The molecule has 0 spiro atoms. The Balaban J connectivity index is 2.04. The van der Waals surface area contributed by atoms with Crippen LogP contribution in [0.2, 0.25) is 0 Å². The minimum absolute atomic E-state index is 0.426. The lowest BCUT2D eigenvalue weighted by molar-refractivity contribution is -0.292. The van der Waals surface area contributed by atoms with Crippen molar-refractivity contribution >= 4 is 0 Å². The van der Waals surface area contributed by atoms with Crippen molar-refractivity contribution in [3.63, 3.8) is 0 Å². The Bertz CT molecular complexity index is 407. The topological polar surface area (TPSA) is 201 Å². The first-order chi connectivity index (χ1) is 11.2. The smallest absolute Gasteiger partial charge is 0.183 e. The van der Waals surface area contributed by atoms with Gasteiger partial charge in [-0.1, -0.05) is 0 Å². The molecule has 11 heteroatoms. The van der Waals surface area contributed by atoms with E-state index in [2.05, 4.69) is 0 Å². The average Bonchev–Trinajstić information content (AvgIpc) is 2.55. The van der Waals surface area contributed by atoms with Gasteiger partial charge in [-0.2, -0.15) is 0 Å². The Hall–Kier alpha value is -0.440. The predicted molar refractivity (Wildman–Crippen MR) is 73.3 cm³/mol. The van der Waals surface area contributed by atoms with Gasteiger partial charge in [0.25, 0.3) is 0 Å². The van der Waals surface area contributed by atoms with E-state index >= 15 is 0 Å². The van der Waals surface area contributed by atoms with E-state index in [1.165, 1.54) is 0 Å². The second kappa shape index (κ2) is 7.85. The van der Waals surface area contributed by atoms with Crippen LogP contribution >= 0.6 is 0 Å². The molecule has 2 heterocycles. The maximum atomic E-state index is 10.2. The molecule has 2 rings (SSSR count). The van der Waals surface area contributed by atoms with Crippen LogP contribution in [0.1, 0.15) is 6.42 Å². The van der Waals surface area contributed by atoms with Crippen LogP contribution in [0.3, 0.4) is 0 Å². The molecule has 11 atom stereocenters. The minimum atomic E-state index is -1.78. The van der Waals surface area contributed by atoms with Gasteiger partial charge in [-0.25, -0.2) is 0 Å². The van der Waals surface area contributed by atoms with E-state index in [1.54, 1.807) is 0 Å². The lowest BCUT2D eigenvalue weighted by atomic mass is 9.88. The Morgan fingerprint density at radius 3 is 1.79 bits per heavy atom. The number of hydrogen-bond acceptors (Lipinski definition) is 11. The van der Waals surface area contributed by atoms with E-state index in [0.29, 0.717) is 0 Å². The van der Waals surface area contributed by atoms with Crippen molar-refractivity contribution in [1.29, 1.82) is 0 Å². The molecule has 0 aromatic carbocycles.